The lowest BCUT2D eigenvalue weighted by Crippen LogP contribution is -2.17. The summed E-state index contributed by atoms with van der Waals surface area (Å²) in [6.45, 7) is 2.48. The van der Waals surface area contributed by atoms with Crippen molar-refractivity contribution in [1.82, 2.24) is 9.97 Å². The van der Waals surface area contributed by atoms with Gasteiger partial charge in [-0.15, -0.1) is 13.2 Å². The monoisotopic (exact) mass is 433 g/mol. The molecule has 0 saturated heterocycles. The first-order valence-electron chi connectivity index (χ1n) is 9.43. The molecule has 164 valence electrons. The van der Waals surface area contributed by atoms with Gasteiger partial charge < -0.3 is 19.5 Å². The zero-order valence-corrected chi connectivity index (χ0v) is 17.3. The Hall–Kier alpha value is -3.49. The molecule has 0 aliphatic rings. The highest BCUT2D eigenvalue weighted by Gasteiger charge is 2.30. The highest BCUT2D eigenvalue weighted by Crippen LogP contribution is 2.27. The number of hydrogen-bond donors (Lipinski definition) is 1. The molecule has 0 atom stereocenters. The van der Waals surface area contributed by atoms with Gasteiger partial charge in [-0.2, -0.15) is 9.97 Å². The Kier molecular flexibility index (Phi) is 6.84. The van der Waals surface area contributed by atoms with Crippen molar-refractivity contribution >= 4 is 5.82 Å². The Bertz CT molecular complexity index is 1020. The van der Waals surface area contributed by atoms with Crippen LogP contribution in [-0.2, 0) is 6.42 Å². The van der Waals surface area contributed by atoms with Crippen molar-refractivity contribution in [3.05, 3.63) is 59.7 Å². The fourth-order valence-corrected chi connectivity index (χ4v) is 2.96. The molecule has 0 unspecified atom stereocenters. The van der Waals surface area contributed by atoms with Crippen LogP contribution in [0, 0.1) is 6.92 Å². The van der Waals surface area contributed by atoms with Crippen LogP contribution in [0.5, 0.6) is 17.5 Å². The topological polar surface area (TPSA) is 65.5 Å². The second-order valence-electron chi connectivity index (χ2n) is 6.73. The van der Waals surface area contributed by atoms with Gasteiger partial charge in [0.2, 0.25) is 0 Å². The van der Waals surface area contributed by atoms with Gasteiger partial charge in [0.05, 0.1) is 19.9 Å². The lowest BCUT2D eigenvalue weighted by atomic mass is 10.1. The number of methoxy groups -OCH3 is 2. The maximum atomic E-state index is 12.3. The van der Waals surface area contributed by atoms with Gasteiger partial charge in [-0.3, -0.25) is 0 Å². The standard InChI is InChI=1S/C22H22F3N3O3/c1-14-10-16(12-18(11-14)29-2)19-13-20(28-21(27-19)30-3)26-9-8-15-4-6-17(7-5-15)31-22(23,24)25/h4-7,10-13H,8-9H2,1-3H3,(H,26,27,28). The van der Waals surface area contributed by atoms with Crippen molar-refractivity contribution in [2.24, 2.45) is 0 Å². The molecule has 1 aromatic heterocycles. The molecule has 0 aliphatic heterocycles. The molecule has 0 aliphatic carbocycles. The first kappa shape index (κ1) is 22.2. The molecule has 2 aromatic carbocycles. The number of hydrogen-bond acceptors (Lipinski definition) is 6. The largest absolute Gasteiger partial charge is 0.573 e. The zero-order valence-electron chi connectivity index (χ0n) is 17.3. The van der Waals surface area contributed by atoms with E-state index >= 15 is 0 Å². The lowest BCUT2D eigenvalue weighted by Gasteiger charge is -2.11. The summed E-state index contributed by atoms with van der Waals surface area (Å²) >= 11 is 0. The highest BCUT2D eigenvalue weighted by atomic mass is 19.4. The first-order chi connectivity index (χ1) is 14.8. The molecule has 3 aromatic rings. The summed E-state index contributed by atoms with van der Waals surface area (Å²) in [5.74, 6) is 1.04. The number of aromatic nitrogens is 2. The summed E-state index contributed by atoms with van der Waals surface area (Å²) < 4.78 is 51.2. The van der Waals surface area contributed by atoms with Gasteiger partial charge in [0.1, 0.15) is 17.3 Å². The van der Waals surface area contributed by atoms with Gasteiger partial charge in [-0.25, -0.2) is 0 Å². The molecule has 0 spiro atoms. The fraction of sp³-hybridized carbons (Fsp3) is 0.273. The normalized spacial score (nSPS) is 11.2. The van der Waals surface area contributed by atoms with Crippen LogP contribution in [0.3, 0.4) is 0 Å². The van der Waals surface area contributed by atoms with Crippen LogP contribution in [0.1, 0.15) is 11.1 Å². The average Bonchev–Trinajstić information content (AvgIpc) is 2.73. The van der Waals surface area contributed by atoms with Crippen LogP contribution >= 0.6 is 0 Å². The van der Waals surface area contributed by atoms with E-state index in [0.717, 1.165) is 22.4 Å². The number of anilines is 1. The fourth-order valence-electron chi connectivity index (χ4n) is 2.96. The molecule has 0 radical (unpaired) electrons. The van der Waals surface area contributed by atoms with E-state index in [1.807, 2.05) is 25.1 Å². The summed E-state index contributed by atoms with van der Waals surface area (Å²) in [6, 6.07) is 13.6. The van der Waals surface area contributed by atoms with Gasteiger partial charge in [0.25, 0.3) is 0 Å². The van der Waals surface area contributed by atoms with Gasteiger partial charge in [-0.1, -0.05) is 12.1 Å². The van der Waals surface area contributed by atoms with Crippen molar-refractivity contribution in [2.75, 3.05) is 26.1 Å². The second kappa shape index (κ2) is 9.55. The maximum absolute atomic E-state index is 12.3. The van der Waals surface area contributed by atoms with Crippen LogP contribution in [0.2, 0.25) is 0 Å². The van der Waals surface area contributed by atoms with Crippen LogP contribution in [-0.4, -0.2) is 37.1 Å². The number of rotatable bonds is 8. The molecule has 1 N–H and O–H groups in total. The van der Waals surface area contributed by atoms with E-state index in [9.17, 15) is 13.2 Å². The van der Waals surface area contributed by atoms with Gasteiger partial charge in [-0.05, 0) is 54.8 Å². The Balaban J connectivity index is 1.69. The molecule has 0 fully saturated rings. The average molecular weight is 433 g/mol. The predicted octanol–water partition coefficient (Wildman–Crippen LogP) is 5.02. The number of ether oxygens (including phenoxy) is 3. The van der Waals surface area contributed by atoms with E-state index in [4.69, 9.17) is 9.47 Å². The van der Waals surface area contributed by atoms with E-state index in [2.05, 4.69) is 20.0 Å². The van der Waals surface area contributed by atoms with Crippen LogP contribution in [0.25, 0.3) is 11.3 Å². The summed E-state index contributed by atoms with van der Waals surface area (Å²) in [5, 5.41) is 3.20. The van der Waals surface area contributed by atoms with Crippen LogP contribution in [0.4, 0.5) is 19.0 Å². The SMILES string of the molecule is COc1cc(C)cc(-c2cc(NCCc3ccc(OC(F)(F)F)cc3)nc(OC)n2)c1. The lowest BCUT2D eigenvalue weighted by molar-refractivity contribution is -0.274. The molecule has 3 rings (SSSR count). The first-order valence-corrected chi connectivity index (χ1v) is 9.43. The Labute approximate surface area is 178 Å². The molecular weight excluding hydrogens is 411 g/mol. The van der Waals surface area contributed by atoms with Gasteiger partial charge in [0, 0.05) is 18.2 Å². The third kappa shape index (κ3) is 6.50. The summed E-state index contributed by atoms with van der Waals surface area (Å²) in [5.41, 5.74) is 3.41. The Morgan fingerprint density at radius 1 is 0.903 bits per heavy atom. The maximum Gasteiger partial charge on any atom is 0.573 e. The minimum atomic E-state index is -4.70. The van der Waals surface area contributed by atoms with E-state index in [1.165, 1.54) is 19.2 Å². The number of nitrogens with one attached hydrogen (secondary N) is 1. The zero-order chi connectivity index (χ0) is 22.4. The minimum absolute atomic E-state index is 0.217. The van der Waals surface area contributed by atoms with Crippen molar-refractivity contribution in [2.45, 2.75) is 19.7 Å². The molecule has 31 heavy (non-hydrogen) atoms. The molecule has 9 heteroatoms. The van der Waals surface area contributed by atoms with E-state index in [1.54, 1.807) is 25.3 Å². The van der Waals surface area contributed by atoms with E-state index < -0.39 is 6.36 Å². The smallest absolute Gasteiger partial charge is 0.497 e. The summed E-state index contributed by atoms with van der Waals surface area (Å²) in [6.07, 6.45) is -4.12. The third-order valence-electron chi connectivity index (χ3n) is 4.35. The predicted molar refractivity (Wildman–Crippen MR) is 111 cm³/mol. The molecule has 0 amide bonds. The molecular formula is C22H22F3N3O3. The van der Waals surface area contributed by atoms with Crippen molar-refractivity contribution in [3.63, 3.8) is 0 Å². The van der Waals surface area contributed by atoms with Crippen molar-refractivity contribution in [1.29, 1.82) is 0 Å². The molecule has 6 nitrogen and oxygen atoms in total. The summed E-state index contributed by atoms with van der Waals surface area (Å²) in [7, 11) is 3.10. The van der Waals surface area contributed by atoms with E-state index in [0.29, 0.717) is 24.5 Å². The minimum Gasteiger partial charge on any atom is -0.497 e. The third-order valence-corrected chi connectivity index (χ3v) is 4.35. The molecule has 0 bridgehead atoms. The van der Waals surface area contributed by atoms with Gasteiger partial charge in [0.15, 0.2) is 0 Å². The Morgan fingerprint density at radius 3 is 2.29 bits per heavy atom. The quantitative estimate of drug-likeness (QED) is 0.538. The molecule has 1 heterocycles. The summed E-state index contributed by atoms with van der Waals surface area (Å²) in [4.78, 5) is 8.72. The second-order valence-corrected chi connectivity index (χ2v) is 6.73. The number of benzene rings is 2. The van der Waals surface area contributed by atoms with Crippen molar-refractivity contribution in [3.8, 4) is 28.8 Å². The Morgan fingerprint density at radius 2 is 1.65 bits per heavy atom. The number of aryl methyl sites for hydroxylation is 1. The van der Waals surface area contributed by atoms with E-state index in [-0.39, 0.29) is 11.8 Å². The number of alkyl halides is 3. The van der Waals surface area contributed by atoms with Crippen molar-refractivity contribution < 1.29 is 27.4 Å². The highest BCUT2D eigenvalue weighted by molar-refractivity contribution is 5.65. The number of nitrogens with zero attached hydrogens (tertiary/aromatic N) is 2. The molecule has 0 saturated carbocycles. The van der Waals surface area contributed by atoms with Crippen LogP contribution < -0.4 is 19.5 Å². The van der Waals surface area contributed by atoms with Crippen LogP contribution in [0.15, 0.2) is 48.5 Å². The number of halogens is 3. The van der Waals surface area contributed by atoms with Gasteiger partial charge >= 0.3 is 12.4 Å².